The van der Waals surface area contributed by atoms with Crippen LogP contribution in [0.4, 0.5) is 5.69 Å². The molecule has 1 aromatic heterocycles. The molecule has 6 nitrogen and oxygen atoms in total. The number of carboxylic acid groups (broad SMARTS) is 1. The molecule has 1 unspecified atom stereocenters. The molecule has 26 heavy (non-hydrogen) atoms. The number of anilines is 1. The standard InChI is InChI=1S/C19H23ClN4O2/c20-14-3-1-6-17(11-14)24-9-7-23(8-10-24)13-16-5-2-4-15(22-16)12-18(21)19(25)26/h1-6,11,18H,7-10,12-13,21H2,(H,25,26). The maximum absolute atomic E-state index is 10.9. The number of hydrogen-bond donors (Lipinski definition) is 2. The van der Waals surface area contributed by atoms with Crippen LogP contribution in [-0.4, -0.2) is 53.2 Å². The van der Waals surface area contributed by atoms with E-state index in [0.29, 0.717) is 0 Å². The monoisotopic (exact) mass is 374 g/mol. The Bertz CT molecular complexity index is 763. The van der Waals surface area contributed by atoms with Gasteiger partial charge >= 0.3 is 5.97 Å². The second-order valence-electron chi connectivity index (χ2n) is 6.51. The molecule has 138 valence electrons. The molecule has 0 radical (unpaired) electrons. The van der Waals surface area contributed by atoms with Gasteiger partial charge in [-0.3, -0.25) is 14.7 Å². The van der Waals surface area contributed by atoms with Gasteiger partial charge in [-0.15, -0.1) is 0 Å². The van der Waals surface area contributed by atoms with Crippen LogP contribution < -0.4 is 10.6 Å². The zero-order valence-corrected chi connectivity index (χ0v) is 15.3. The number of hydrogen-bond acceptors (Lipinski definition) is 5. The number of pyridine rings is 1. The van der Waals surface area contributed by atoms with Gasteiger partial charge in [0, 0.05) is 55.5 Å². The molecule has 1 aliphatic rings. The van der Waals surface area contributed by atoms with Gasteiger partial charge in [0.25, 0.3) is 0 Å². The predicted molar refractivity (Wildman–Crippen MR) is 102 cm³/mol. The summed E-state index contributed by atoms with van der Waals surface area (Å²) in [5, 5.41) is 9.69. The molecule has 2 aromatic rings. The lowest BCUT2D eigenvalue weighted by molar-refractivity contribution is -0.138. The maximum Gasteiger partial charge on any atom is 0.320 e. The quantitative estimate of drug-likeness (QED) is 0.804. The first kappa shape index (κ1) is 18.6. The summed E-state index contributed by atoms with van der Waals surface area (Å²) in [6.45, 7) is 4.49. The highest BCUT2D eigenvalue weighted by Crippen LogP contribution is 2.21. The van der Waals surface area contributed by atoms with Crippen LogP contribution in [0, 0.1) is 0 Å². The largest absolute Gasteiger partial charge is 0.480 e. The van der Waals surface area contributed by atoms with E-state index >= 15 is 0 Å². The summed E-state index contributed by atoms with van der Waals surface area (Å²) in [4.78, 5) is 20.1. The van der Waals surface area contributed by atoms with Gasteiger partial charge in [0.2, 0.25) is 0 Å². The fraction of sp³-hybridized carbons (Fsp3) is 0.368. The minimum Gasteiger partial charge on any atom is -0.480 e. The Morgan fingerprint density at radius 2 is 1.85 bits per heavy atom. The number of nitrogens with zero attached hydrogens (tertiary/aromatic N) is 3. The lowest BCUT2D eigenvalue weighted by Crippen LogP contribution is -2.46. The van der Waals surface area contributed by atoms with Crippen molar-refractivity contribution in [1.29, 1.82) is 0 Å². The van der Waals surface area contributed by atoms with E-state index in [4.69, 9.17) is 22.4 Å². The second-order valence-corrected chi connectivity index (χ2v) is 6.95. The molecule has 1 aliphatic heterocycles. The van der Waals surface area contributed by atoms with Crippen molar-refractivity contribution in [2.24, 2.45) is 5.73 Å². The van der Waals surface area contributed by atoms with E-state index in [-0.39, 0.29) is 6.42 Å². The van der Waals surface area contributed by atoms with Crippen LogP contribution in [0.3, 0.4) is 0 Å². The van der Waals surface area contributed by atoms with Crippen molar-refractivity contribution < 1.29 is 9.90 Å². The lowest BCUT2D eigenvalue weighted by Gasteiger charge is -2.36. The summed E-state index contributed by atoms with van der Waals surface area (Å²) in [7, 11) is 0. The van der Waals surface area contributed by atoms with E-state index < -0.39 is 12.0 Å². The van der Waals surface area contributed by atoms with Gasteiger partial charge in [0.05, 0.1) is 5.69 Å². The Morgan fingerprint density at radius 1 is 1.15 bits per heavy atom. The third kappa shape index (κ3) is 4.94. The van der Waals surface area contributed by atoms with Crippen molar-refractivity contribution in [3.05, 3.63) is 58.9 Å². The van der Waals surface area contributed by atoms with Crippen LogP contribution in [-0.2, 0) is 17.8 Å². The highest BCUT2D eigenvalue weighted by Gasteiger charge is 2.18. The van der Waals surface area contributed by atoms with Gasteiger partial charge in [-0.1, -0.05) is 23.7 Å². The van der Waals surface area contributed by atoms with Crippen LogP contribution in [0.25, 0.3) is 0 Å². The normalized spacial score (nSPS) is 16.5. The number of carboxylic acids is 1. The molecule has 1 fully saturated rings. The predicted octanol–water partition coefficient (Wildman–Crippen LogP) is 2.01. The summed E-state index contributed by atoms with van der Waals surface area (Å²) >= 11 is 6.08. The highest BCUT2D eigenvalue weighted by molar-refractivity contribution is 6.30. The first-order chi connectivity index (χ1) is 12.5. The molecule has 0 aliphatic carbocycles. The van der Waals surface area contributed by atoms with Crippen molar-refractivity contribution in [1.82, 2.24) is 9.88 Å². The van der Waals surface area contributed by atoms with E-state index in [1.807, 2.05) is 36.4 Å². The summed E-state index contributed by atoms with van der Waals surface area (Å²) in [6.07, 6.45) is 0.242. The minimum absolute atomic E-state index is 0.242. The van der Waals surface area contributed by atoms with Crippen LogP contribution >= 0.6 is 11.6 Å². The Balaban J connectivity index is 1.55. The van der Waals surface area contributed by atoms with Crippen LogP contribution in [0.15, 0.2) is 42.5 Å². The molecule has 0 spiro atoms. The van der Waals surface area contributed by atoms with Crippen molar-refractivity contribution in [3.63, 3.8) is 0 Å². The number of benzene rings is 1. The Hall–Kier alpha value is -2.15. The molecule has 1 atom stereocenters. The fourth-order valence-corrected chi connectivity index (χ4v) is 3.29. The van der Waals surface area contributed by atoms with E-state index in [9.17, 15) is 4.79 Å². The molecule has 2 heterocycles. The number of aromatic nitrogens is 1. The topological polar surface area (TPSA) is 82.7 Å². The average Bonchev–Trinajstić information content (AvgIpc) is 2.62. The number of piperazine rings is 1. The van der Waals surface area contributed by atoms with Crippen LogP contribution in [0.5, 0.6) is 0 Å². The number of nitrogens with two attached hydrogens (primary N) is 1. The first-order valence-corrected chi connectivity index (χ1v) is 9.05. The molecular weight excluding hydrogens is 352 g/mol. The van der Waals surface area contributed by atoms with Gasteiger partial charge in [0.15, 0.2) is 0 Å². The summed E-state index contributed by atoms with van der Waals surface area (Å²) in [5.74, 6) is -1.01. The Kier molecular flexibility index (Phi) is 6.08. The van der Waals surface area contributed by atoms with Crippen molar-refractivity contribution >= 4 is 23.3 Å². The van der Waals surface area contributed by atoms with Crippen molar-refractivity contribution in [3.8, 4) is 0 Å². The van der Waals surface area contributed by atoms with E-state index in [1.165, 1.54) is 0 Å². The SMILES string of the molecule is NC(Cc1cccc(CN2CCN(c3cccc(Cl)c3)CC2)n1)C(=O)O. The first-order valence-electron chi connectivity index (χ1n) is 8.67. The average molecular weight is 375 g/mol. The molecule has 0 amide bonds. The van der Waals surface area contributed by atoms with Gasteiger partial charge < -0.3 is 15.7 Å². The fourth-order valence-electron chi connectivity index (χ4n) is 3.11. The van der Waals surface area contributed by atoms with Gasteiger partial charge in [-0.05, 0) is 30.3 Å². The van der Waals surface area contributed by atoms with Gasteiger partial charge in [-0.25, -0.2) is 0 Å². The minimum atomic E-state index is -1.01. The Morgan fingerprint density at radius 3 is 2.54 bits per heavy atom. The van der Waals surface area contributed by atoms with E-state index in [0.717, 1.165) is 54.8 Å². The lowest BCUT2D eigenvalue weighted by atomic mass is 10.1. The zero-order chi connectivity index (χ0) is 18.5. The molecule has 3 rings (SSSR count). The molecule has 1 saturated heterocycles. The van der Waals surface area contributed by atoms with Crippen LogP contribution in [0.2, 0.25) is 5.02 Å². The molecule has 0 bridgehead atoms. The maximum atomic E-state index is 10.9. The van der Waals surface area contributed by atoms with E-state index in [1.54, 1.807) is 0 Å². The van der Waals surface area contributed by atoms with Crippen molar-refractivity contribution in [2.75, 3.05) is 31.1 Å². The molecule has 1 aromatic carbocycles. The summed E-state index contributed by atoms with van der Waals surface area (Å²) in [5.41, 5.74) is 8.41. The van der Waals surface area contributed by atoms with E-state index in [2.05, 4.69) is 20.9 Å². The summed E-state index contributed by atoms with van der Waals surface area (Å²) < 4.78 is 0. The number of carbonyl (C=O) groups is 1. The zero-order valence-electron chi connectivity index (χ0n) is 14.5. The van der Waals surface area contributed by atoms with Gasteiger partial charge in [-0.2, -0.15) is 0 Å². The van der Waals surface area contributed by atoms with Crippen molar-refractivity contribution in [2.45, 2.75) is 19.0 Å². The molecule has 3 N–H and O–H groups in total. The highest BCUT2D eigenvalue weighted by atomic mass is 35.5. The molecule has 0 saturated carbocycles. The third-order valence-electron chi connectivity index (χ3n) is 4.54. The van der Waals surface area contributed by atoms with Gasteiger partial charge in [0.1, 0.15) is 6.04 Å². The molecular formula is C19H23ClN4O2. The number of halogens is 1. The smallest absolute Gasteiger partial charge is 0.320 e. The number of rotatable bonds is 6. The second kappa shape index (κ2) is 8.49. The Labute approximate surface area is 158 Å². The van der Waals surface area contributed by atoms with Crippen LogP contribution in [0.1, 0.15) is 11.4 Å². The molecule has 7 heteroatoms. The third-order valence-corrected chi connectivity index (χ3v) is 4.78. The number of aliphatic carboxylic acids is 1. The summed E-state index contributed by atoms with van der Waals surface area (Å²) in [6, 6.07) is 12.7.